The number of hydrogen-bond acceptors (Lipinski definition) is 4. The van der Waals surface area contributed by atoms with Crippen LogP contribution in [0.25, 0.3) is 5.65 Å². The Bertz CT molecular complexity index is 566. The summed E-state index contributed by atoms with van der Waals surface area (Å²) in [4.78, 5) is 4.40. The van der Waals surface area contributed by atoms with E-state index in [9.17, 15) is 8.76 Å². The number of aromatic amines is 1. The Morgan fingerprint density at radius 1 is 1.58 bits per heavy atom. The predicted octanol–water partition coefficient (Wildman–Crippen LogP) is 0.842. The van der Waals surface area contributed by atoms with E-state index >= 15 is 0 Å². The van der Waals surface area contributed by atoms with Crippen LogP contribution in [0.2, 0.25) is 0 Å². The van der Waals surface area contributed by atoms with Crippen molar-refractivity contribution in [2.75, 3.05) is 6.54 Å². The second kappa shape index (κ2) is 5.03. The van der Waals surface area contributed by atoms with Crippen LogP contribution in [0, 0.1) is 0 Å². The monoisotopic (exact) mass is 284 g/mol. The fraction of sp³-hybridized carbons (Fsp3) is 0.636. The summed E-state index contributed by atoms with van der Waals surface area (Å²) in [6.07, 6.45) is 0. The van der Waals surface area contributed by atoms with Crippen LogP contribution in [0.1, 0.15) is 45.1 Å². The molecular weight excluding hydrogens is 266 g/mol. The first-order chi connectivity index (χ1) is 8.77. The van der Waals surface area contributed by atoms with Crippen molar-refractivity contribution in [1.29, 1.82) is 0 Å². The molecular formula is C11H18N5O2S-. The van der Waals surface area contributed by atoms with E-state index < -0.39 is 11.3 Å². The second-order valence-electron chi connectivity index (χ2n) is 5.64. The van der Waals surface area contributed by atoms with Crippen molar-refractivity contribution in [1.82, 2.24) is 24.5 Å². The van der Waals surface area contributed by atoms with Gasteiger partial charge in [-0.3, -0.25) is 9.31 Å². The van der Waals surface area contributed by atoms with Crippen LogP contribution in [0.4, 0.5) is 0 Å². The van der Waals surface area contributed by atoms with E-state index in [-0.39, 0.29) is 17.9 Å². The van der Waals surface area contributed by atoms with Gasteiger partial charge in [-0.15, -0.1) is 5.10 Å². The molecule has 7 nitrogen and oxygen atoms in total. The molecule has 8 heteroatoms. The molecule has 2 heterocycles. The average Bonchev–Trinajstić information content (AvgIpc) is 2.81. The number of nitrogens with zero attached hydrogens (tertiary/aromatic N) is 3. The molecule has 2 atom stereocenters. The van der Waals surface area contributed by atoms with Crippen LogP contribution >= 0.6 is 0 Å². The molecule has 0 spiro atoms. The lowest BCUT2D eigenvalue weighted by atomic mass is 9.93. The molecule has 2 unspecified atom stereocenters. The Kier molecular flexibility index (Phi) is 3.75. The first-order valence-electron chi connectivity index (χ1n) is 6.06. The van der Waals surface area contributed by atoms with Gasteiger partial charge in [-0.25, -0.2) is 9.71 Å². The third kappa shape index (κ3) is 3.20. The van der Waals surface area contributed by atoms with Crippen molar-refractivity contribution >= 4 is 16.9 Å². The zero-order valence-corrected chi connectivity index (χ0v) is 12.2. The number of rotatable bonds is 4. The highest BCUT2D eigenvalue weighted by Crippen LogP contribution is 2.22. The molecule has 2 aromatic heterocycles. The maximum absolute atomic E-state index is 10.4. The van der Waals surface area contributed by atoms with Crippen LogP contribution < -0.4 is 4.72 Å². The molecule has 0 amide bonds. The summed E-state index contributed by atoms with van der Waals surface area (Å²) in [5.74, 6) is 0.536. The molecule has 0 aliphatic rings. The van der Waals surface area contributed by atoms with Crippen LogP contribution in [0.3, 0.4) is 0 Å². The van der Waals surface area contributed by atoms with Crippen molar-refractivity contribution < 1.29 is 8.76 Å². The Labute approximate surface area is 114 Å². The van der Waals surface area contributed by atoms with Gasteiger partial charge in [-0.05, 0) is 0 Å². The molecule has 19 heavy (non-hydrogen) atoms. The van der Waals surface area contributed by atoms with E-state index in [4.69, 9.17) is 0 Å². The van der Waals surface area contributed by atoms with Crippen molar-refractivity contribution in [3.8, 4) is 0 Å². The van der Waals surface area contributed by atoms with E-state index in [0.717, 1.165) is 11.3 Å². The van der Waals surface area contributed by atoms with Gasteiger partial charge in [-0.1, -0.05) is 27.7 Å². The molecule has 106 valence electrons. The molecule has 0 aliphatic heterocycles. The highest BCUT2D eigenvalue weighted by atomic mass is 32.2. The SMILES string of the molecule is CC(CNS(=O)[O-])c1nc2cc(C(C)(C)C)[nH]n2n1. The lowest BCUT2D eigenvalue weighted by Crippen LogP contribution is -2.22. The molecule has 2 aromatic rings. The topological polar surface area (TPSA) is 98.1 Å². The summed E-state index contributed by atoms with van der Waals surface area (Å²) in [7, 11) is 0. The van der Waals surface area contributed by atoms with Crippen LogP contribution in [-0.2, 0) is 16.7 Å². The smallest absolute Gasteiger partial charge is 0.175 e. The maximum atomic E-state index is 10.4. The Morgan fingerprint density at radius 3 is 2.79 bits per heavy atom. The Morgan fingerprint density at radius 2 is 2.26 bits per heavy atom. The third-order valence-electron chi connectivity index (χ3n) is 2.90. The van der Waals surface area contributed by atoms with Gasteiger partial charge in [0.2, 0.25) is 0 Å². The zero-order chi connectivity index (χ0) is 14.2. The average molecular weight is 284 g/mol. The molecule has 0 saturated carbocycles. The molecule has 0 saturated heterocycles. The maximum Gasteiger partial charge on any atom is 0.175 e. The van der Waals surface area contributed by atoms with E-state index in [2.05, 4.69) is 40.7 Å². The summed E-state index contributed by atoms with van der Waals surface area (Å²) in [5, 5.41) is 7.51. The van der Waals surface area contributed by atoms with Crippen molar-refractivity contribution in [2.24, 2.45) is 0 Å². The Hall–Kier alpha value is -1.25. The van der Waals surface area contributed by atoms with Crippen LogP contribution in [-0.4, -0.2) is 35.1 Å². The predicted molar refractivity (Wildman–Crippen MR) is 71.4 cm³/mol. The van der Waals surface area contributed by atoms with Crippen LogP contribution in [0.5, 0.6) is 0 Å². The van der Waals surface area contributed by atoms with Gasteiger partial charge in [0.15, 0.2) is 11.5 Å². The minimum Gasteiger partial charge on any atom is -0.760 e. The quantitative estimate of drug-likeness (QED) is 0.813. The van der Waals surface area contributed by atoms with Crippen molar-refractivity contribution in [3.05, 3.63) is 17.6 Å². The van der Waals surface area contributed by atoms with Gasteiger partial charge in [0.1, 0.15) is 0 Å². The highest BCUT2D eigenvalue weighted by molar-refractivity contribution is 7.77. The van der Waals surface area contributed by atoms with Crippen LogP contribution in [0.15, 0.2) is 6.07 Å². The molecule has 0 fully saturated rings. The van der Waals surface area contributed by atoms with E-state index in [1.54, 1.807) is 4.63 Å². The van der Waals surface area contributed by atoms with E-state index in [1.165, 1.54) is 0 Å². The molecule has 2 N–H and O–H groups in total. The largest absolute Gasteiger partial charge is 0.760 e. The molecule has 0 radical (unpaired) electrons. The summed E-state index contributed by atoms with van der Waals surface area (Å²) < 4.78 is 24.9. The minimum absolute atomic E-state index is 0.00910. The fourth-order valence-electron chi connectivity index (χ4n) is 1.67. The lowest BCUT2D eigenvalue weighted by molar-refractivity contribution is 0.516. The first-order valence-corrected chi connectivity index (χ1v) is 7.14. The molecule has 0 aliphatic carbocycles. The van der Waals surface area contributed by atoms with Gasteiger partial charge < -0.3 is 4.55 Å². The van der Waals surface area contributed by atoms with Crippen molar-refractivity contribution in [3.63, 3.8) is 0 Å². The number of fused-ring (bicyclic) bond motifs is 1. The third-order valence-corrected chi connectivity index (χ3v) is 3.31. The van der Waals surface area contributed by atoms with E-state index in [1.807, 2.05) is 13.0 Å². The first kappa shape index (κ1) is 14.2. The number of aromatic nitrogens is 4. The number of nitrogens with one attached hydrogen (secondary N) is 2. The van der Waals surface area contributed by atoms with Gasteiger partial charge in [-0.2, -0.15) is 4.63 Å². The highest BCUT2D eigenvalue weighted by Gasteiger charge is 2.19. The zero-order valence-electron chi connectivity index (χ0n) is 11.4. The van der Waals surface area contributed by atoms with Gasteiger partial charge in [0, 0.05) is 40.9 Å². The number of H-pyrrole nitrogens is 1. The summed E-state index contributed by atoms with van der Waals surface area (Å²) in [5.41, 5.74) is 1.81. The van der Waals surface area contributed by atoms with Gasteiger partial charge in [0.05, 0.1) is 0 Å². The molecule has 0 aromatic carbocycles. The molecule has 2 rings (SSSR count). The van der Waals surface area contributed by atoms with Gasteiger partial charge >= 0.3 is 0 Å². The standard InChI is InChI=1S/C11H19N5O2S/c1-7(6-12-19(17)18)10-13-9-5-8(11(2,3)4)14-16(9)15-10/h5,7,12,14H,6H2,1-4H3,(H,17,18)/p-1. The lowest BCUT2D eigenvalue weighted by Gasteiger charge is -2.15. The second-order valence-corrected chi connectivity index (χ2v) is 6.40. The Balaban J connectivity index is 2.19. The van der Waals surface area contributed by atoms with Gasteiger partial charge in [0.25, 0.3) is 0 Å². The fourth-order valence-corrected chi connectivity index (χ4v) is 2.06. The molecule has 0 bridgehead atoms. The minimum atomic E-state index is -2.25. The summed E-state index contributed by atoms with van der Waals surface area (Å²) in [6, 6.07) is 1.96. The number of hydrogen-bond donors (Lipinski definition) is 2. The van der Waals surface area contributed by atoms with Crippen molar-refractivity contribution in [2.45, 2.75) is 39.0 Å². The van der Waals surface area contributed by atoms with E-state index in [0.29, 0.717) is 5.82 Å². The normalized spacial score (nSPS) is 15.8. The summed E-state index contributed by atoms with van der Waals surface area (Å²) in [6.45, 7) is 8.48. The summed E-state index contributed by atoms with van der Waals surface area (Å²) >= 11 is -2.25.